The van der Waals surface area contributed by atoms with Crippen LogP contribution in [0, 0.1) is 25.5 Å². The highest BCUT2D eigenvalue weighted by Crippen LogP contribution is 2.26. The predicted octanol–water partition coefficient (Wildman–Crippen LogP) is 3.35. The number of ether oxygens (including phenoxy) is 1. The molecule has 3 rings (SSSR count). The SMILES string of the molecule is C=NCCCC(N)CNC(=O)c1c(C)nc2c(OCc3c(F)cccc3F)cc(C)cn12. The van der Waals surface area contributed by atoms with E-state index in [9.17, 15) is 13.6 Å². The number of rotatable bonds is 10. The number of aliphatic imine (C=N–C) groups is 1. The molecule has 3 N–H and O–H groups in total. The highest BCUT2D eigenvalue weighted by molar-refractivity contribution is 5.95. The van der Waals surface area contributed by atoms with Crippen LogP contribution in [0.15, 0.2) is 35.5 Å². The molecule has 3 aromatic rings. The van der Waals surface area contributed by atoms with Crippen LogP contribution in [-0.2, 0) is 6.61 Å². The molecule has 0 aliphatic carbocycles. The average Bonchev–Trinajstić information content (AvgIpc) is 3.07. The second kappa shape index (κ2) is 10.3. The molecule has 0 aliphatic heterocycles. The Morgan fingerprint density at radius 2 is 2.06 bits per heavy atom. The molecule has 1 unspecified atom stereocenters. The number of amides is 1. The Balaban J connectivity index is 1.81. The smallest absolute Gasteiger partial charge is 0.270 e. The average molecular weight is 443 g/mol. The lowest BCUT2D eigenvalue weighted by Crippen LogP contribution is -2.38. The van der Waals surface area contributed by atoms with Crippen molar-refractivity contribution in [2.75, 3.05) is 13.1 Å². The summed E-state index contributed by atoms with van der Waals surface area (Å²) in [5, 5.41) is 2.85. The third-order valence-electron chi connectivity index (χ3n) is 5.06. The van der Waals surface area contributed by atoms with Gasteiger partial charge in [-0.25, -0.2) is 13.8 Å². The molecule has 7 nitrogen and oxygen atoms in total. The third kappa shape index (κ3) is 5.28. The summed E-state index contributed by atoms with van der Waals surface area (Å²) in [7, 11) is 0. The molecule has 0 saturated heterocycles. The highest BCUT2D eigenvalue weighted by atomic mass is 19.1. The molecule has 1 atom stereocenters. The van der Waals surface area contributed by atoms with Gasteiger partial charge in [-0.1, -0.05) is 6.07 Å². The van der Waals surface area contributed by atoms with Crippen molar-refractivity contribution in [1.82, 2.24) is 14.7 Å². The Hall–Kier alpha value is -3.33. The molecule has 0 spiro atoms. The van der Waals surface area contributed by atoms with E-state index in [-0.39, 0.29) is 24.1 Å². The van der Waals surface area contributed by atoms with Gasteiger partial charge in [0.2, 0.25) is 0 Å². The van der Waals surface area contributed by atoms with Crippen molar-refractivity contribution in [3.05, 3.63) is 64.6 Å². The number of benzene rings is 1. The number of carbonyl (C=O) groups excluding carboxylic acids is 1. The van der Waals surface area contributed by atoms with E-state index < -0.39 is 11.6 Å². The van der Waals surface area contributed by atoms with E-state index in [1.54, 1.807) is 23.6 Å². The summed E-state index contributed by atoms with van der Waals surface area (Å²) in [6, 6.07) is 5.16. The molecule has 1 aromatic carbocycles. The molecule has 9 heteroatoms. The normalized spacial score (nSPS) is 12.0. The Labute approximate surface area is 185 Å². The van der Waals surface area contributed by atoms with Crippen LogP contribution in [0.4, 0.5) is 8.78 Å². The van der Waals surface area contributed by atoms with E-state index in [4.69, 9.17) is 10.5 Å². The number of pyridine rings is 1. The van der Waals surface area contributed by atoms with Gasteiger partial charge in [-0.2, -0.15) is 0 Å². The van der Waals surface area contributed by atoms with Crippen molar-refractivity contribution >= 4 is 18.3 Å². The molecule has 2 aromatic heterocycles. The van der Waals surface area contributed by atoms with Gasteiger partial charge in [0, 0.05) is 25.3 Å². The Bertz CT molecular complexity index is 1110. The quantitative estimate of drug-likeness (QED) is 0.371. The zero-order chi connectivity index (χ0) is 23.3. The van der Waals surface area contributed by atoms with Crippen LogP contribution < -0.4 is 15.8 Å². The number of nitrogens with zero attached hydrogens (tertiary/aromatic N) is 3. The van der Waals surface area contributed by atoms with E-state index in [0.29, 0.717) is 35.9 Å². The van der Waals surface area contributed by atoms with E-state index in [1.165, 1.54) is 18.2 Å². The molecule has 0 aliphatic rings. The van der Waals surface area contributed by atoms with E-state index in [0.717, 1.165) is 18.4 Å². The fraction of sp³-hybridized carbons (Fsp3) is 0.348. The fourth-order valence-corrected chi connectivity index (χ4v) is 3.43. The Morgan fingerprint density at radius 1 is 1.34 bits per heavy atom. The van der Waals surface area contributed by atoms with Crippen LogP contribution in [0.1, 0.15) is 40.2 Å². The zero-order valence-electron chi connectivity index (χ0n) is 18.2. The second-order valence-electron chi connectivity index (χ2n) is 7.67. The summed E-state index contributed by atoms with van der Waals surface area (Å²) >= 11 is 0. The minimum atomic E-state index is -0.687. The second-order valence-corrected chi connectivity index (χ2v) is 7.67. The zero-order valence-corrected chi connectivity index (χ0v) is 18.2. The Kier molecular flexibility index (Phi) is 7.53. The van der Waals surface area contributed by atoms with Crippen molar-refractivity contribution in [2.45, 2.75) is 39.3 Å². The maximum Gasteiger partial charge on any atom is 0.270 e. The van der Waals surface area contributed by atoms with Gasteiger partial charge in [0.15, 0.2) is 11.4 Å². The van der Waals surface area contributed by atoms with Gasteiger partial charge in [0.1, 0.15) is 23.9 Å². The number of fused-ring (bicyclic) bond motifs is 1. The topological polar surface area (TPSA) is 94.0 Å². The molecule has 0 fully saturated rings. The number of hydrogen-bond donors (Lipinski definition) is 2. The third-order valence-corrected chi connectivity index (χ3v) is 5.06. The molecular weight excluding hydrogens is 416 g/mol. The molecule has 0 radical (unpaired) electrons. The van der Waals surface area contributed by atoms with Gasteiger partial charge in [0.05, 0.1) is 11.3 Å². The Morgan fingerprint density at radius 3 is 2.75 bits per heavy atom. The van der Waals surface area contributed by atoms with Crippen LogP contribution in [-0.4, -0.2) is 41.1 Å². The molecule has 0 bridgehead atoms. The molecule has 1 amide bonds. The van der Waals surface area contributed by atoms with Gasteiger partial charge in [-0.05, 0) is 57.2 Å². The molecular formula is C23H27F2N5O2. The fourth-order valence-electron chi connectivity index (χ4n) is 3.43. The summed E-state index contributed by atoms with van der Waals surface area (Å²) in [5.74, 6) is -1.37. The van der Waals surface area contributed by atoms with Crippen LogP contribution in [0.2, 0.25) is 0 Å². The van der Waals surface area contributed by atoms with Crippen LogP contribution in [0.3, 0.4) is 0 Å². The number of carbonyl (C=O) groups is 1. The van der Waals surface area contributed by atoms with Crippen molar-refractivity contribution in [3.63, 3.8) is 0 Å². The van der Waals surface area contributed by atoms with Crippen molar-refractivity contribution in [2.24, 2.45) is 10.7 Å². The lowest BCUT2D eigenvalue weighted by molar-refractivity contribution is 0.0944. The maximum atomic E-state index is 14.0. The first-order chi connectivity index (χ1) is 15.3. The lowest BCUT2D eigenvalue weighted by Gasteiger charge is -2.13. The summed E-state index contributed by atoms with van der Waals surface area (Å²) in [6.45, 7) is 7.62. The molecule has 0 saturated carbocycles. The maximum absolute atomic E-state index is 14.0. The van der Waals surface area contributed by atoms with Crippen molar-refractivity contribution in [1.29, 1.82) is 0 Å². The number of imidazole rings is 1. The van der Waals surface area contributed by atoms with E-state index in [1.807, 2.05) is 6.92 Å². The molecule has 2 heterocycles. The van der Waals surface area contributed by atoms with E-state index >= 15 is 0 Å². The van der Waals surface area contributed by atoms with Crippen molar-refractivity contribution in [3.8, 4) is 5.75 Å². The van der Waals surface area contributed by atoms with Crippen LogP contribution in [0.25, 0.3) is 5.65 Å². The summed E-state index contributed by atoms with van der Waals surface area (Å²) < 4.78 is 35.3. The standard InChI is InChI=1S/C23H27F2N5O2/c1-14-10-20(32-13-17-18(24)7-4-8-19(17)25)22-29-15(2)21(30(22)12-14)23(31)28-11-16(26)6-5-9-27-3/h4,7-8,10,12,16H,3,5-6,9,11,13,26H2,1-2H3,(H,28,31). The largest absolute Gasteiger partial charge is 0.485 e. The van der Waals surface area contributed by atoms with Gasteiger partial charge < -0.3 is 20.8 Å². The number of nitrogens with one attached hydrogen (secondary N) is 1. The minimum absolute atomic E-state index is 0.172. The van der Waals surface area contributed by atoms with Gasteiger partial charge >= 0.3 is 0 Å². The number of halogens is 2. The van der Waals surface area contributed by atoms with Gasteiger partial charge in [-0.3, -0.25) is 9.20 Å². The van der Waals surface area contributed by atoms with Gasteiger partial charge in [-0.15, -0.1) is 0 Å². The van der Waals surface area contributed by atoms with Crippen LogP contribution >= 0.6 is 0 Å². The first-order valence-corrected chi connectivity index (χ1v) is 10.3. The molecule has 32 heavy (non-hydrogen) atoms. The highest BCUT2D eigenvalue weighted by Gasteiger charge is 2.20. The first-order valence-electron chi connectivity index (χ1n) is 10.3. The number of hydrogen-bond acceptors (Lipinski definition) is 5. The summed E-state index contributed by atoms with van der Waals surface area (Å²) in [6.07, 6.45) is 3.28. The number of aryl methyl sites for hydroxylation is 2. The van der Waals surface area contributed by atoms with E-state index in [2.05, 4.69) is 22.0 Å². The van der Waals surface area contributed by atoms with Crippen molar-refractivity contribution < 1.29 is 18.3 Å². The number of aromatic nitrogens is 2. The monoisotopic (exact) mass is 443 g/mol. The summed E-state index contributed by atoms with van der Waals surface area (Å²) in [5.41, 5.74) is 7.91. The van der Waals surface area contributed by atoms with Crippen LogP contribution in [0.5, 0.6) is 5.75 Å². The first kappa shape index (κ1) is 23.3. The van der Waals surface area contributed by atoms with Gasteiger partial charge in [0.25, 0.3) is 5.91 Å². The number of nitrogens with two attached hydrogens (primary N) is 1. The molecule has 170 valence electrons. The predicted molar refractivity (Wildman–Crippen MR) is 119 cm³/mol. The lowest BCUT2D eigenvalue weighted by atomic mass is 10.1. The minimum Gasteiger partial charge on any atom is -0.485 e. The summed E-state index contributed by atoms with van der Waals surface area (Å²) in [4.78, 5) is 21.1.